The molecule has 20 atom stereocenters. The Hall–Kier alpha value is -0.840. The smallest absolute Gasteiger partial charge is 0.187 e. The standard InChI is InChI=1S/C25H42O21/c26-1-6-11(30)15(34)22(40-6)45-19-13(32)8(3-28)42-24(19)38-5-10-18(17(36)21(37)39-10)44-25-20(14(33)9(4-29)43-25)46-23-16(35)12(31)7(2-27)41-23/h6-37H,1-5H2/t6-,7-,8-,9-,10-,11-,12-,13-,14-,15+,16+,17+,18-,19+,20+,21?,22+,23+,24+,25-/m1/s1. The number of rotatable bonds is 13. The zero-order valence-corrected chi connectivity index (χ0v) is 24.1. The first-order valence-electron chi connectivity index (χ1n) is 14.7. The Morgan fingerprint density at radius 1 is 0.370 bits per heavy atom. The molecule has 5 heterocycles. The predicted molar refractivity (Wildman–Crippen MR) is 136 cm³/mol. The quantitative estimate of drug-likeness (QED) is 0.0860. The van der Waals surface area contributed by atoms with Gasteiger partial charge < -0.3 is 104 Å². The van der Waals surface area contributed by atoms with Gasteiger partial charge in [-0.25, -0.2) is 0 Å². The van der Waals surface area contributed by atoms with Crippen LogP contribution in [0.25, 0.3) is 0 Å². The molecule has 0 bridgehead atoms. The maximum Gasteiger partial charge on any atom is 0.187 e. The number of aliphatic hydroxyl groups is 12. The first-order chi connectivity index (χ1) is 21.9. The second-order valence-corrected chi connectivity index (χ2v) is 11.5. The molecule has 5 aliphatic heterocycles. The van der Waals surface area contributed by atoms with E-state index in [0.717, 1.165) is 0 Å². The van der Waals surface area contributed by atoms with E-state index < -0.39 is 156 Å². The monoisotopic (exact) mass is 678 g/mol. The third kappa shape index (κ3) is 7.07. The maximum atomic E-state index is 10.7. The van der Waals surface area contributed by atoms with Crippen molar-refractivity contribution in [3.63, 3.8) is 0 Å². The van der Waals surface area contributed by atoms with Gasteiger partial charge in [0.05, 0.1) is 33.0 Å². The van der Waals surface area contributed by atoms with E-state index in [-0.39, 0.29) is 0 Å². The van der Waals surface area contributed by atoms with Crippen molar-refractivity contribution in [3.8, 4) is 0 Å². The van der Waals surface area contributed by atoms with Crippen LogP contribution in [0.5, 0.6) is 0 Å². The van der Waals surface area contributed by atoms with Crippen molar-refractivity contribution >= 4 is 0 Å². The van der Waals surface area contributed by atoms with E-state index in [4.69, 9.17) is 42.6 Å². The zero-order valence-electron chi connectivity index (χ0n) is 24.1. The van der Waals surface area contributed by atoms with Crippen molar-refractivity contribution in [2.45, 2.75) is 123 Å². The normalized spacial score (nSPS) is 52.7. The zero-order chi connectivity index (χ0) is 33.4. The summed E-state index contributed by atoms with van der Waals surface area (Å²) in [5.74, 6) is 0. The highest BCUT2D eigenvalue weighted by Gasteiger charge is 2.55. The van der Waals surface area contributed by atoms with Crippen LogP contribution in [0.4, 0.5) is 0 Å². The number of hydrogen-bond acceptors (Lipinski definition) is 21. The summed E-state index contributed by atoms with van der Waals surface area (Å²) in [6, 6.07) is 0. The summed E-state index contributed by atoms with van der Waals surface area (Å²) in [6.45, 7) is -3.22. The van der Waals surface area contributed by atoms with Crippen molar-refractivity contribution in [3.05, 3.63) is 0 Å². The first-order valence-corrected chi connectivity index (χ1v) is 14.7. The highest BCUT2D eigenvalue weighted by Crippen LogP contribution is 2.35. The molecular weight excluding hydrogens is 636 g/mol. The van der Waals surface area contributed by atoms with E-state index in [2.05, 4.69) is 0 Å². The molecule has 0 saturated carbocycles. The molecule has 5 aliphatic rings. The van der Waals surface area contributed by atoms with Crippen LogP contribution in [0.1, 0.15) is 0 Å². The molecule has 0 radical (unpaired) electrons. The molecule has 268 valence electrons. The van der Waals surface area contributed by atoms with Gasteiger partial charge in [0.15, 0.2) is 31.5 Å². The Morgan fingerprint density at radius 2 is 0.761 bits per heavy atom. The van der Waals surface area contributed by atoms with Crippen LogP contribution < -0.4 is 0 Å². The number of aliphatic hydroxyl groups excluding tert-OH is 12. The molecule has 5 saturated heterocycles. The van der Waals surface area contributed by atoms with Gasteiger partial charge in [-0.3, -0.25) is 0 Å². The molecule has 0 aromatic rings. The van der Waals surface area contributed by atoms with E-state index in [1.54, 1.807) is 0 Å². The van der Waals surface area contributed by atoms with Crippen LogP contribution >= 0.6 is 0 Å². The molecule has 0 spiro atoms. The molecule has 0 aromatic heterocycles. The predicted octanol–water partition coefficient (Wildman–Crippen LogP) is -8.73. The fourth-order valence-corrected chi connectivity index (χ4v) is 5.87. The van der Waals surface area contributed by atoms with E-state index >= 15 is 0 Å². The van der Waals surface area contributed by atoms with E-state index in [9.17, 15) is 61.3 Å². The minimum absolute atomic E-state index is 0.538. The lowest BCUT2D eigenvalue weighted by Crippen LogP contribution is -2.47. The summed E-state index contributed by atoms with van der Waals surface area (Å²) in [5, 5.41) is 121. The lowest BCUT2D eigenvalue weighted by atomic mass is 10.1. The van der Waals surface area contributed by atoms with Crippen LogP contribution in [-0.4, -0.2) is 217 Å². The van der Waals surface area contributed by atoms with Crippen molar-refractivity contribution in [2.24, 2.45) is 0 Å². The highest BCUT2D eigenvalue weighted by atomic mass is 16.8. The highest BCUT2D eigenvalue weighted by molar-refractivity contribution is 4.96. The molecular formula is C25H42O21. The summed E-state index contributed by atoms with van der Waals surface area (Å²) in [4.78, 5) is 0. The summed E-state index contributed by atoms with van der Waals surface area (Å²) in [7, 11) is 0. The van der Waals surface area contributed by atoms with Gasteiger partial charge in [-0.2, -0.15) is 0 Å². The van der Waals surface area contributed by atoms with Crippen LogP contribution in [-0.2, 0) is 42.6 Å². The van der Waals surface area contributed by atoms with Crippen molar-refractivity contribution < 1.29 is 104 Å². The first kappa shape index (κ1) is 36.4. The Bertz CT molecular complexity index is 965. The Labute approximate surface area is 260 Å². The van der Waals surface area contributed by atoms with Crippen molar-refractivity contribution in [1.82, 2.24) is 0 Å². The van der Waals surface area contributed by atoms with Crippen molar-refractivity contribution in [1.29, 1.82) is 0 Å². The fourth-order valence-electron chi connectivity index (χ4n) is 5.87. The summed E-state index contributed by atoms with van der Waals surface area (Å²) in [5.41, 5.74) is 0. The molecule has 5 rings (SSSR count). The minimum atomic E-state index is -1.82. The average molecular weight is 679 g/mol. The van der Waals surface area contributed by atoms with E-state index in [0.29, 0.717) is 0 Å². The Morgan fingerprint density at radius 3 is 1.22 bits per heavy atom. The molecule has 1 unspecified atom stereocenters. The fraction of sp³-hybridized carbons (Fsp3) is 1.00. The molecule has 46 heavy (non-hydrogen) atoms. The Kier molecular flexibility index (Phi) is 12.2. The Balaban J connectivity index is 1.25. The van der Waals surface area contributed by atoms with Crippen LogP contribution in [0.2, 0.25) is 0 Å². The second kappa shape index (κ2) is 15.4. The number of hydrogen-bond donors (Lipinski definition) is 12. The van der Waals surface area contributed by atoms with E-state index in [1.807, 2.05) is 0 Å². The maximum absolute atomic E-state index is 10.7. The van der Waals surface area contributed by atoms with E-state index in [1.165, 1.54) is 0 Å². The van der Waals surface area contributed by atoms with Gasteiger partial charge in [-0.15, -0.1) is 0 Å². The third-order valence-electron chi connectivity index (χ3n) is 8.55. The van der Waals surface area contributed by atoms with Gasteiger partial charge in [0.2, 0.25) is 0 Å². The van der Waals surface area contributed by atoms with Gasteiger partial charge in [-0.05, 0) is 0 Å². The molecule has 0 aromatic carbocycles. The summed E-state index contributed by atoms with van der Waals surface area (Å²) < 4.78 is 49.7. The molecule has 21 heteroatoms. The minimum Gasteiger partial charge on any atom is -0.394 e. The van der Waals surface area contributed by atoms with Crippen LogP contribution in [0, 0.1) is 0 Å². The SMILES string of the molecule is OC[C@H]1O[C@@H](O[C@@H]2[C@@H](OC[C@H]3OC(O)[C@@H](O)[C@@H]3O[C@H]3O[C@H](CO)[C@@H](O)[C@@H]3O[C@@H]3O[C@H](CO)[C@@H](O)[C@@H]3O)O[C@H](CO)[C@H]2O)[C@@H](O)[C@@H]1O. The van der Waals surface area contributed by atoms with Gasteiger partial charge >= 0.3 is 0 Å². The van der Waals surface area contributed by atoms with Crippen molar-refractivity contribution in [2.75, 3.05) is 33.0 Å². The average Bonchev–Trinajstić information content (AvgIpc) is 3.77. The molecule has 0 aliphatic carbocycles. The lowest BCUT2D eigenvalue weighted by molar-refractivity contribution is -0.270. The topological polar surface area (TPSA) is 326 Å². The van der Waals surface area contributed by atoms with Gasteiger partial charge in [0.1, 0.15) is 91.6 Å². The van der Waals surface area contributed by atoms with Gasteiger partial charge in [0, 0.05) is 0 Å². The lowest BCUT2D eigenvalue weighted by Gasteiger charge is -2.30. The molecule has 21 nitrogen and oxygen atoms in total. The summed E-state index contributed by atoms with van der Waals surface area (Å²) >= 11 is 0. The second-order valence-electron chi connectivity index (χ2n) is 11.5. The van der Waals surface area contributed by atoms with Crippen LogP contribution in [0.15, 0.2) is 0 Å². The molecule has 5 fully saturated rings. The third-order valence-corrected chi connectivity index (χ3v) is 8.55. The molecule has 0 amide bonds. The largest absolute Gasteiger partial charge is 0.394 e. The van der Waals surface area contributed by atoms with Gasteiger partial charge in [-0.1, -0.05) is 0 Å². The number of ether oxygens (including phenoxy) is 9. The molecule has 12 N–H and O–H groups in total. The van der Waals surface area contributed by atoms with Gasteiger partial charge in [0.25, 0.3) is 0 Å². The van der Waals surface area contributed by atoms with Crippen LogP contribution in [0.3, 0.4) is 0 Å². The summed E-state index contributed by atoms with van der Waals surface area (Å²) in [6.07, 6.45) is -29.7.